The quantitative estimate of drug-likeness (QED) is 0.909. The molecule has 2 aliphatic rings. The van der Waals surface area contributed by atoms with Crippen molar-refractivity contribution in [3.63, 3.8) is 0 Å². The average molecular weight is 312 g/mol. The number of nitrogens with zero attached hydrogens (tertiary/aromatic N) is 1. The summed E-state index contributed by atoms with van der Waals surface area (Å²) in [5.74, 6) is 0. The van der Waals surface area contributed by atoms with Gasteiger partial charge >= 0.3 is 6.18 Å². The zero-order chi connectivity index (χ0) is 15.6. The first-order chi connectivity index (χ1) is 10.6. The Hall–Kier alpha value is -1.07. The van der Waals surface area contributed by atoms with Crippen LogP contribution in [0.2, 0.25) is 0 Å². The first-order valence-corrected chi connectivity index (χ1v) is 8.17. The van der Waals surface area contributed by atoms with Gasteiger partial charge in [-0.25, -0.2) is 0 Å². The van der Waals surface area contributed by atoms with E-state index in [1.54, 1.807) is 12.1 Å². The van der Waals surface area contributed by atoms with E-state index < -0.39 is 11.7 Å². The van der Waals surface area contributed by atoms with E-state index in [1.807, 2.05) is 0 Å². The standard InChI is InChI=1S/C17H23F3N2/c18-17(19,20)16-8-4-1-5-13(16)12-22(14-6-2-3-7-14)15-9-10-21-11-15/h1,4-5,8,14-15,21H,2-3,6-7,9-12H2/t15-/m0/s1. The van der Waals surface area contributed by atoms with Crippen LogP contribution in [0.1, 0.15) is 43.2 Å². The van der Waals surface area contributed by atoms with E-state index in [2.05, 4.69) is 10.2 Å². The molecule has 0 bridgehead atoms. The Kier molecular flexibility index (Phi) is 4.73. The Labute approximate surface area is 129 Å². The van der Waals surface area contributed by atoms with Crippen molar-refractivity contribution in [2.75, 3.05) is 13.1 Å². The number of hydrogen-bond acceptors (Lipinski definition) is 2. The molecule has 1 heterocycles. The van der Waals surface area contributed by atoms with Gasteiger partial charge in [-0.1, -0.05) is 31.0 Å². The van der Waals surface area contributed by atoms with E-state index in [0.717, 1.165) is 32.4 Å². The molecule has 0 unspecified atom stereocenters. The average Bonchev–Trinajstić information content (AvgIpc) is 3.18. The van der Waals surface area contributed by atoms with Crippen molar-refractivity contribution >= 4 is 0 Å². The molecule has 1 saturated heterocycles. The maximum atomic E-state index is 13.2. The minimum atomic E-state index is -4.27. The Bertz CT molecular complexity index is 473. The summed E-state index contributed by atoms with van der Waals surface area (Å²) in [5.41, 5.74) is -0.0715. The van der Waals surface area contributed by atoms with Crippen LogP contribution in [0.15, 0.2) is 24.3 Å². The summed E-state index contributed by atoms with van der Waals surface area (Å²) < 4.78 is 39.7. The summed E-state index contributed by atoms with van der Waals surface area (Å²) in [5, 5.41) is 3.34. The van der Waals surface area contributed by atoms with Crippen molar-refractivity contribution in [1.29, 1.82) is 0 Å². The summed E-state index contributed by atoms with van der Waals surface area (Å²) in [6.07, 6.45) is 1.39. The lowest BCUT2D eigenvalue weighted by Crippen LogP contribution is -2.43. The molecule has 1 aliphatic carbocycles. The van der Waals surface area contributed by atoms with Gasteiger partial charge in [0, 0.05) is 25.2 Å². The predicted octanol–water partition coefficient (Wildman–Crippen LogP) is 3.81. The summed E-state index contributed by atoms with van der Waals surface area (Å²) in [7, 11) is 0. The van der Waals surface area contributed by atoms with Crippen LogP contribution in [-0.4, -0.2) is 30.1 Å². The van der Waals surface area contributed by atoms with E-state index in [4.69, 9.17) is 0 Å². The molecule has 0 aromatic heterocycles. The molecule has 22 heavy (non-hydrogen) atoms. The molecule has 3 rings (SSSR count). The third-order valence-corrected chi connectivity index (χ3v) is 4.97. The minimum Gasteiger partial charge on any atom is -0.315 e. The minimum absolute atomic E-state index is 0.365. The van der Waals surface area contributed by atoms with Crippen LogP contribution < -0.4 is 5.32 Å². The smallest absolute Gasteiger partial charge is 0.315 e. The third kappa shape index (κ3) is 3.46. The highest BCUT2D eigenvalue weighted by atomic mass is 19.4. The van der Waals surface area contributed by atoms with Crippen LogP contribution in [0.5, 0.6) is 0 Å². The third-order valence-electron chi connectivity index (χ3n) is 4.97. The lowest BCUT2D eigenvalue weighted by molar-refractivity contribution is -0.138. The van der Waals surface area contributed by atoms with Gasteiger partial charge in [-0.05, 0) is 37.4 Å². The molecule has 2 nitrogen and oxygen atoms in total. The maximum Gasteiger partial charge on any atom is 0.416 e. The molecule has 1 aliphatic heterocycles. The van der Waals surface area contributed by atoms with Crippen molar-refractivity contribution in [2.24, 2.45) is 0 Å². The molecule has 0 amide bonds. The fraction of sp³-hybridized carbons (Fsp3) is 0.647. The number of hydrogen-bond donors (Lipinski definition) is 1. The highest BCUT2D eigenvalue weighted by Crippen LogP contribution is 2.34. The topological polar surface area (TPSA) is 15.3 Å². The van der Waals surface area contributed by atoms with Gasteiger partial charge in [0.15, 0.2) is 0 Å². The number of alkyl halides is 3. The van der Waals surface area contributed by atoms with E-state index in [0.29, 0.717) is 24.2 Å². The van der Waals surface area contributed by atoms with Crippen LogP contribution in [0.4, 0.5) is 13.2 Å². The van der Waals surface area contributed by atoms with Crippen molar-refractivity contribution in [3.05, 3.63) is 35.4 Å². The van der Waals surface area contributed by atoms with Crippen LogP contribution >= 0.6 is 0 Å². The van der Waals surface area contributed by atoms with Crippen LogP contribution in [0, 0.1) is 0 Å². The van der Waals surface area contributed by atoms with Crippen molar-refractivity contribution in [3.8, 4) is 0 Å². The van der Waals surface area contributed by atoms with Gasteiger partial charge in [0.25, 0.3) is 0 Å². The van der Waals surface area contributed by atoms with Gasteiger partial charge in [-0.3, -0.25) is 4.90 Å². The molecule has 5 heteroatoms. The van der Waals surface area contributed by atoms with Crippen LogP contribution in [-0.2, 0) is 12.7 Å². The fourth-order valence-corrected chi connectivity index (χ4v) is 3.85. The van der Waals surface area contributed by atoms with E-state index in [-0.39, 0.29) is 0 Å². The number of rotatable bonds is 4. The van der Waals surface area contributed by atoms with Crippen LogP contribution in [0.25, 0.3) is 0 Å². The zero-order valence-corrected chi connectivity index (χ0v) is 12.7. The number of halogens is 3. The first kappa shape index (κ1) is 15.8. The number of benzene rings is 1. The van der Waals surface area contributed by atoms with E-state index >= 15 is 0 Å². The molecular weight excluding hydrogens is 289 g/mol. The van der Waals surface area contributed by atoms with Crippen molar-refractivity contribution in [2.45, 2.75) is 56.9 Å². The number of nitrogens with one attached hydrogen (secondary N) is 1. The second kappa shape index (κ2) is 6.59. The molecule has 2 fully saturated rings. The lowest BCUT2D eigenvalue weighted by atomic mass is 10.0. The monoisotopic (exact) mass is 312 g/mol. The molecule has 0 spiro atoms. The molecule has 1 aromatic carbocycles. The highest BCUT2D eigenvalue weighted by Gasteiger charge is 2.36. The fourth-order valence-electron chi connectivity index (χ4n) is 3.85. The second-order valence-corrected chi connectivity index (χ2v) is 6.41. The van der Waals surface area contributed by atoms with Gasteiger partial charge in [0.05, 0.1) is 5.56 Å². The van der Waals surface area contributed by atoms with Gasteiger partial charge in [0.1, 0.15) is 0 Å². The zero-order valence-electron chi connectivity index (χ0n) is 12.7. The lowest BCUT2D eigenvalue weighted by Gasteiger charge is -2.34. The molecule has 1 saturated carbocycles. The second-order valence-electron chi connectivity index (χ2n) is 6.41. The van der Waals surface area contributed by atoms with E-state index in [1.165, 1.54) is 25.0 Å². The first-order valence-electron chi connectivity index (χ1n) is 8.17. The van der Waals surface area contributed by atoms with Crippen molar-refractivity contribution in [1.82, 2.24) is 10.2 Å². The molecular formula is C17H23F3N2. The van der Waals surface area contributed by atoms with Gasteiger partial charge in [0.2, 0.25) is 0 Å². The Balaban J connectivity index is 1.84. The van der Waals surface area contributed by atoms with Gasteiger partial charge in [-0.15, -0.1) is 0 Å². The maximum absolute atomic E-state index is 13.2. The van der Waals surface area contributed by atoms with Gasteiger partial charge in [-0.2, -0.15) is 13.2 Å². The molecule has 1 N–H and O–H groups in total. The molecule has 122 valence electrons. The highest BCUT2D eigenvalue weighted by molar-refractivity contribution is 5.29. The summed E-state index contributed by atoms with van der Waals surface area (Å²) >= 11 is 0. The Morgan fingerprint density at radius 1 is 1.05 bits per heavy atom. The molecule has 0 radical (unpaired) electrons. The SMILES string of the molecule is FC(F)(F)c1ccccc1CN(C1CCCC1)[C@H]1CCNC1. The van der Waals surface area contributed by atoms with Crippen LogP contribution in [0.3, 0.4) is 0 Å². The van der Waals surface area contributed by atoms with Crippen molar-refractivity contribution < 1.29 is 13.2 Å². The molecule has 1 atom stereocenters. The molecule has 1 aromatic rings. The Morgan fingerprint density at radius 2 is 1.77 bits per heavy atom. The summed E-state index contributed by atoms with van der Waals surface area (Å²) in [4.78, 5) is 2.33. The summed E-state index contributed by atoms with van der Waals surface area (Å²) in [6, 6.07) is 6.83. The van der Waals surface area contributed by atoms with Gasteiger partial charge < -0.3 is 5.32 Å². The normalized spacial score (nSPS) is 23.5. The summed E-state index contributed by atoms with van der Waals surface area (Å²) in [6.45, 7) is 2.27. The van der Waals surface area contributed by atoms with E-state index in [9.17, 15) is 13.2 Å². The Morgan fingerprint density at radius 3 is 2.41 bits per heavy atom. The largest absolute Gasteiger partial charge is 0.416 e. The predicted molar refractivity (Wildman–Crippen MR) is 80.5 cm³/mol.